The zero-order chi connectivity index (χ0) is 13.5. The topological polar surface area (TPSA) is 57.6 Å². The third-order valence-corrected chi connectivity index (χ3v) is 4.65. The molecule has 1 aliphatic heterocycles. The Kier molecular flexibility index (Phi) is 3.39. The lowest BCUT2D eigenvalue weighted by Gasteiger charge is -2.17. The predicted octanol–water partition coefficient (Wildman–Crippen LogP) is 1.99. The molecule has 2 aliphatic rings. The highest BCUT2D eigenvalue weighted by Crippen LogP contribution is 2.59. The molecule has 3 atom stereocenters. The van der Waals surface area contributed by atoms with Gasteiger partial charge in [-0.05, 0) is 24.2 Å². The van der Waals surface area contributed by atoms with Gasteiger partial charge in [0.15, 0.2) is 0 Å². The van der Waals surface area contributed by atoms with E-state index in [4.69, 9.17) is 5.11 Å². The highest BCUT2D eigenvalue weighted by atomic mass is 16.4. The van der Waals surface area contributed by atoms with Gasteiger partial charge in [-0.15, -0.1) is 0 Å². The molecule has 1 amide bonds. The van der Waals surface area contributed by atoms with Crippen LogP contribution in [-0.4, -0.2) is 35.0 Å². The lowest BCUT2D eigenvalue weighted by molar-refractivity contribution is -0.141. The number of hydrogen-bond donors (Lipinski definition) is 1. The predicted molar refractivity (Wildman–Crippen MR) is 68.0 cm³/mol. The maximum Gasteiger partial charge on any atom is 0.307 e. The van der Waals surface area contributed by atoms with Gasteiger partial charge in [0.2, 0.25) is 5.91 Å². The van der Waals surface area contributed by atoms with Crippen molar-refractivity contribution in [2.24, 2.45) is 23.2 Å². The molecular weight excluding hydrogens is 230 g/mol. The molecule has 1 saturated carbocycles. The highest BCUT2D eigenvalue weighted by molar-refractivity contribution is 5.91. The van der Waals surface area contributed by atoms with Crippen molar-refractivity contribution in [1.29, 1.82) is 0 Å². The van der Waals surface area contributed by atoms with Crippen molar-refractivity contribution in [3.8, 4) is 0 Å². The van der Waals surface area contributed by atoms with E-state index < -0.39 is 11.9 Å². The summed E-state index contributed by atoms with van der Waals surface area (Å²) in [6.45, 7) is 7.56. The molecule has 1 heterocycles. The van der Waals surface area contributed by atoms with Gasteiger partial charge in [0, 0.05) is 13.1 Å². The van der Waals surface area contributed by atoms with Crippen LogP contribution in [-0.2, 0) is 9.59 Å². The van der Waals surface area contributed by atoms with Crippen molar-refractivity contribution < 1.29 is 14.7 Å². The van der Waals surface area contributed by atoms with Crippen molar-refractivity contribution in [3.05, 3.63) is 0 Å². The number of likely N-dealkylation sites (tertiary alicyclic amines) is 1. The minimum Gasteiger partial charge on any atom is -0.481 e. The van der Waals surface area contributed by atoms with Gasteiger partial charge >= 0.3 is 5.97 Å². The van der Waals surface area contributed by atoms with Gasteiger partial charge in [0.1, 0.15) is 0 Å². The van der Waals surface area contributed by atoms with Crippen molar-refractivity contribution in [3.63, 3.8) is 0 Å². The Bertz CT molecular complexity index is 364. The summed E-state index contributed by atoms with van der Waals surface area (Å²) >= 11 is 0. The van der Waals surface area contributed by atoms with Gasteiger partial charge < -0.3 is 10.0 Å². The third-order valence-electron chi connectivity index (χ3n) is 4.65. The Labute approximate surface area is 108 Å². The molecular formula is C14H23NO3. The molecule has 4 nitrogen and oxygen atoms in total. The van der Waals surface area contributed by atoms with Gasteiger partial charge in [0.25, 0.3) is 0 Å². The zero-order valence-corrected chi connectivity index (χ0v) is 11.5. The first-order valence-electron chi connectivity index (χ1n) is 6.91. The number of amides is 1. The molecule has 3 unspecified atom stereocenters. The number of hydrogen-bond acceptors (Lipinski definition) is 2. The van der Waals surface area contributed by atoms with Gasteiger partial charge in [-0.1, -0.05) is 27.2 Å². The largest absolute Gasteiger partial charge is 0.481 e. The van der Waals surface area contributed by atoms with Crippen LogP contribution in [0.2, 0.25) is 0 Å². The molecule has 1 N–H and O–H groups in total. The molecule has 18 heavy (non-hydrogen) atoms. The summed E-state index contributed by atoms with van der Waals surface area (Å²) in [5.41, 5.74) is -0.369. The van der Waals surface area contributed by atoms with E-state index in [0.717, 1.165) is 25.9 Å². The van der Waals surface area contributed by atoms with E-state index in [1.54, 1.807) is 0 Å². The Morgan fingerprint density at radius 3 is 2.50 bits per heavy atom. The number of carbonyl (C=O) groups is 2. The lowest BCUT2D eigenvalue weighted by Crippen LogP contribution is -2.31. The molecule has 0 aromatic heterocycles. The van der Waals surface area contributed by atoms with E-state index in [2.05, 4.69) is 6.92 Å². The maximum atomic E-state index is 12.4. The molecule has 0 radical (unpaired) electrons. The molecule has 1 aliphatic carbocycles. The van der Waals surface area contributed by atoms with Crippen LogP contribution in [0.4, 0.5) is 0 Å². The molecule has 0 bridgehead atoms. The smallest absolute Gasteiger partial charge is 0.307 e. The summed E-state index contributed by atoms with van der Waals surface area (Å²) in [6, 6.07) is 0. The van der Waals surface area contributed by atoms with Gasteiger partial charge in [0.05, 0.1) is 11.8 Å². The fraction of sp³-hybridized carbons (Fsp3) is 0.857. The molecule has 0 spiro atoms. The van der Waals surface area contributed by atoms with Gasteiger partial charge in [-0.3, -0.25) is 9.59 Å². The fourth-order valence-corrected chi connectivity index (χ4v) is 3.43. The number of aliphatic carboxylic acids is 1. The molecule has 2 fully saturated rings. The van der Waals surface area contributed by atoms with E-state index in [9.17, 15) is 9.59 Å². The second kappa shape index (κ2) is 4.56. The van der Waals surface area contributed by atoms with Gasteiger partial charge in [-0.2, -0.15) is 0 Å². The molecule has 102 valence electrons. The summed E-state index contributed by atoms with van der Waals surface area (Å²) < 4.78 is 0. The monoisotopic (exact) mass is 253 g/mol. The second-order valence-corrected chi connectivity index (χ2v) is 6.34. The normalized spacial score (nSPS) is 33.5. The highest BCUT2D eigenvalue weighted by Gasteiger charge is 2.66. The maximum absolute atomic E-state index is 12.4. The average molecular weight is 253 g/mol. The number of rotatable bonds is 4. The Morgan fingerprint density at radius 1 is 1.33 bits per heavy atom. The van der Waals surface area contributed by atoms with Gasteiger partial charge in [-0.25, -0.2) is 0 Å². The summed E-state index contributed by atoms with van der Waals surface area (Å²) in [4.78, 5) is 25.3. The molecule has 1 saturated heterocycles. The van der Waals surface area contributed by atoms with E-state index in [-0.39, 0.29) is 17.2 Å². The SMILES string of the molecule is CCCC1CCN(C(=O)C2C(C(=O)O)C2(C)C)C1. The van der Waals surface area contributed by atoms with Crippen molar-refractivity contribution in [1.82, 2.24) is 4.90 Å². The van der Waals surface area contributed by atoms with Crippen LogP contribution in [0.15, 0.2) is 0 Å². The van der Waals surface area contributed by atoms with Crippen LogP contribution in [0.25, 0.3) is 0 Å². The van der Waals surface area contributed by atoms with Crippen LogP contribution >= 0.6 is 0 Å². The first-order valence-corrected chi connectivity index (χ1v) is 6.91. The van der Waals surface area contributed by atoms with E-state index >= 15 is 0 Å². The Morgan fingerprint density at radius 2 is 2.00 bits per heavy atom. The second-order valence-electron chi connectivity index (χ2n) is 6.34. The Balaban J connectivity index is 1.96. The Hall–Kier alpha value is -1.06. The average Bonchev–Trinajstić information content (AvgIpc) is 2.66. The number of nitrogens with zero attached hydrogens (tertiary/aromatic N) is 1. The van der Waals surface area contributed by atoms with E-state index in [0.29, 0.717) is 5.92 Å². The van der Waals surface area contributed by atoms with Crippen LogP contribution < -0.4 is 0 Å². The molecule has 0 aromatic rings. The minimum atomic E-state index is -0.831. The van der Waals surface area contributed by atoms with E-state index in [1.165, 1.54) is 6.42 Å². The van der Waals surface area contributed by atoms with Crippen molar-refractivity contribution in [2.45, 2.75) is 40.0 Å². The van der Waals surface area contributed by atoms with Crippen molar-refractivity contribution >= 4 is 11.9 Å². The lowest BCUT2D eigenvalue weighted by atomic mass is 10.0. The summed E-state index contributed by atoms with van der Waals surface area (Å²) in [5.74, 6) is -0.955. The number of carboxylic acid groups (broad SMARTS) is 1. The number of carbonyl (C=O) groups excluding carboxylic acids is 1. The standard InChI is InChI=1S/C14H23NO3/c1-4-5-9-6-7-15(8-9)12(16)10-11(13(17)18)14(10,2)3/h9-11H,4-8H2,1-3H3,(H,17,18). The molecule has 4 heteroatoms. The molecule has 0 aromatic carbocycles. The summed E-state index contributed by atoms with van der Waals surface area (Å²) in [5, 5.41) is 9.12. The minimum absolute atomic E-state index is 0.0611. The quantitative estimate of drug-likeness (QED) is 0.833. The third kappa shape index (κ3) is 2.13. The molecule has 2 rings (SSSR count). The van der Waals surface area contributed by atoms with Crippen LogP contribution in [0.3, 0.4) is 0 Å². The first-order chi connectivity index (χ1) is 8.39. The first kappa shape index (κ1) is 13.4. The van der Waals surface area contributed by atoms with Crippen molar-refractivity contribution in [2.75, 3.05) is 13.1 Å². The van der Waals surface area contributed by atoms with Crippen LogP contribution in [0, 0.1) is 23.2 Å². The summed E-state index contributed by atoms with van der Waals surface area (Å²) in [6.07, 6.45) is 3.39. The zero-order valence-electron chi connectivity index (χ0n) is 11.5. The van der Waals surface area contributed by atoms with Crippen LogP contribution in [0.1, 0.15) is 40.0 Å². The fourth-order valence-electron chi connectivity index (χ4n) is 3.43. The number of carboxylic acids is 1. The van der Waals surface area contributed by atoms with E-state index in [1.807, 2.05) is 18.7 Å². The van der Waals surface area contributed by atoms with Crippen LogP contribution in [0.5, 0.6) is 0 Å². The summed E-state index contributed by atoms with van der Waals surface area (Å²) in [7, 11) is 0.